The van der Waals surface area contributed by atoms with E-state index in [1.165, 1.54) is 38.5 Å². The van der Waals surface area contributed by atoms with Crippen LogP contribution in [0.15, 0.2) is 30.4 Å². The van der Waals surface area contributed by atoms with Crippen molar-refractivity contribution in [1.29, 1.82) is 0 Å². The van der Waals surface area contributed by atoms with Crippen molar-refractivity contribution in [2.24, 2.45) is 17.3 Å². The molecule has 2 bridgehead atoms. The van der Waals surface area contributed by atoms with E-state index in [1.807, 2.05) is 6.07 Å². The lowest BCUT2D eigenvalue weighted by Crippen LogP contribution is -2.25. The molecule has 0 amide bonds. The molecule has 1 aromatic rings. The molecule has 2 aliphatic carbocycles. The van der Waals surface area contributed by atoms with Crippen molar-refractivity contribution in [2.75, 3.05) is 0 Å². The number of hydrogen-bond donors (Lipinski definition) is 0. The first-order valence-electron chi connectivity index (χ1n) is 9.66. The van der Waals surface area contributed by atoms with Crippen molar-refractivity contribution in [3.05, 3.63) is 47.0 Å². The largest absolute Gasteiger partial charge is 0.386 e. The second kappa shape index (κ2) is 6.44. The number of rotatable bonds is 6. The molecule has 3 heteroatoms. The van der Waals surface area contributed by atoms with Crippen LogP contribution >= 0.6 is 0 Å². The van der Waals surface area contributed by atoms with E-state index in [0.717, 1.165) is 30.2 Å². The zero-order chi connectivity index (χ0) is 17.4. The van der Waals surface area contributed by atoms with Crippen LogP contribution in [0.4, 0.5) is 0 Å². The summed E-state index contributed by atoms with van der Waals surface area (Å²) in [7, 11) is 0. The first-order chi connectivity index (χ1) is 12.1. The van der Waals surface area contributed by atoms with Gasteiger partial charge >= 0.3 is 11.9 Å². The molecule has 3 nitrogen and oxygen atoms in total. The summed E-state index contributed by atoms with van der Waals surface area (Å²) >= 11 is 0. The van der Waals surface area contributed by atoms with Gasteiger partial charge in [-0.3, -0.25) is 0 Å². The predicted molar refractivity (Wildman–Crippen MR) is 96.4 cm³/mol. The lowest BCUT2D eigenvalue weighted by Gasteiger charge is -2.35. The van der Waals surface area contributed by atoms with Gasteiger partial charge in [-0.15, -0.1) is 0 Å². The molecule has 0 radical (unpaired) electrons. The Bertz CT molecular complexity index is 723. The average Bonchev–Trinajstić information content (AvgIpc) is 3.30. The third kappa shape index (κ3) is 2.94. The number of ether oxygens (including phenoxy) is 1. The Morgan fingerprint density at radius 1 is 1.16 bits per heavy atom. The van der Waals surface area contributed by atoms with E-state index in [2.05, 4.69) is 23.8 Å². The van der Waals surface area contributed by atoms with E-state index >= 15 is 0 Å². The van der Waals surface area contributed by atoms with Gasteiger partial charge in [0.15, 0.2) is 0 Å². The third-order valence-corrected chi connectivity index (χ3v) is 6.81. The van der Waals surface area contributed by atoms with Gasteiger partial charge in [0.1, 0.15) is 0 Å². The standard InChI is InChI=1S/C22H26O3/c1-2-17(22-11-9-16(14-22)10-12-22)6-4-3-5-15-7-8-18-19(13-15)21(24)25-20(18)23/h3-4,7-8,13,16-17H,2,5-6,9-12,14H2,1H3. The van der Waals surface area contributed by atoms with E-state index in [1.54, 1.807) is 12.1 Å². The molecule has 0 aromatic heterocycles. The summed E-state index contributed by atoms with van der Waals surface area (Å²) in [6.45, 7) is 2.34. The van der Waals surface area contributed by atoms with Crippen molar-refractivity contribution >= 4 is 11.9 Å². The van der Waals surface area contributed by atoms with Crippen molar-refractivity contribution in [3.8, 4) is 0 Å². The van der Waals surface area contributed by atoms with Gasteiger partial charge in [-0.05, 0) is 79.9 Å². The van der Waals surface area contributed by atoms with E-state index in [-0.39, 0.29) is 0 Å². The van der Waals surface area contributed by atoms with Crippen LogP contribution in [0.25, 0.3) is 0 Å². The minimum absolute atomic E-state index is 0.389. The minimum Gasteiger partial charge on any atom is -0.386 e. The van der Waals surface area contributed by atoms with Crippen LogP contribution in [0.2, 0.25) is 0 Å². The number of esters is 2. The van der Waals surface area contributed by atoms with Crippen LogP contribution in [-0.2, 0) is 11.2 Å². The number of carbonyl (C=O) groups excluding carboxylic acids is 2. The maximum atomic E-state index is 11.6. The van der Waals surface area contributed by atoms with E-state index in [9.17, 15) is 9.59 Å². The molecule has 1 heterocycles. The highest BCUT2D eigenvalue weighted by Crippen LogP contribution is 2.59. The Morgan fingerprint density at radius 3 is 2.60 bits per heavy atom. The molecule has 2 saturated carbocycles. The van der Waals surface area contributed by atoms with Gasteiger partial charge in [0.2, 0.25) is 0 Å². The number of allylic oxidation sites excluding steroid dienone is 2. The Morgan fingerprint density at radius 2 is 1.92 bits per heavy atom. The second-order valence-electron chi connectivity index (χ2n) is 8.08. The first-order valence-corrected chi connectivity index (χ1v) is 9.66. The molecule has 132 valence electrons. The van der Waals surface area contributed by atoms with E-state index < -0.39 is 11.9 Å². The van der Waals surface area contributed by atoms with Crippen molar-refractivity contribution in [2.45, 2.75) is 58.3 Å². The zero-order valence-electron chi connectivity index (χ0n) is 14.9. The van der Waals surface area contributed by atoms with Gasteiger partial charge in [-0.25, -0.2) is 9.59 Å². The van der Waals surface area contributed by atoms with Crippen LogP contribution in [0.5, 0.6) is 0 Å². The summed E-state index contributed by atoms with van der Waals surface area (Å²) in [6, 6.07) is 5.41. The van der Waals surface area contributed by atoms with Gasteiger partial charge in [-0.1, -0.05) is 31.6 Å². The summed E-state index contributed by atoms with van der Waals surface area (Å²) in [5, 5.41) is 0. The van der Waals surface area contributed by atoms with Gasteiger partial charge in [0, 0.05) is 0 Å². The second-order valence-corrected chi connectivity index (χ2v) is 8.08. The van der Waals surface area contributed by atoms with Crippen LogP contribution in [0.1, 0.15) is 78.1 Å². The summed E-state index contributed by atoms with van der Waals surface area (Å²) < 4.78 is 4.65. The SMILES string of the molecule is CCC(CC=CCc1ccc2c(c1)C(=O)OC2=O)C12CCC(CC1)C2. The Hall–Kier alpha value is -1.90. The van der Waals surface area contributed by atoms with Crippen LogP contribution in [0, 0.1) is 17.3 Å². The summed E-state index contributed by atoms with van der Waals surface area (Å²) in [5.74, 6) is 0.766. The van der Waals surface area contributed by atoms with Gasteiger partial charge in [0.05, 0.1) is 11.1 Å². The van der Waals surface area contributed by atoms with Gasteiger partial charge < -0.3 is 4.74 Å². The topological polar surface area (TPSA) is 43.4 Å². The van der Waals surface area contributed by atoms with Gasteiger partial charge in [-0.2, -0.15) is 0 Å². The van der Waals surface area contributed by atoms with E-state index in [0.29, 0.717) is 16.5 Å². The molecule has 25 heavy (non-hydrogen) atoms. The number of hydrogen-bond acceptors (Lipinski definition) is 3. The Balaban J connectivity index is 1.38. The number of cyclic esters (lactones) is 2. The molecule has 0 saturated heterocycles. The first kappa shape index (κ1) is 16.6. The predicted octanol–water partition coefficient (Wildman–Crippen LogP) is 5.09. The molecule has 1 unspecified atom stereocenters. The molecule has 1 atom stereocenters. The fourth-order valence-corrected chi connectivity index (χ4v) is 5.40. The lowest BCUT2D eigenvalue weighted by molar-refractivity contribution is 0.0443. The summed E-state index contributed by atoms with van der Waals surface area (Å²) in [4.78, 5) is 23.1. The Kier molecular flexibility index (Phi) is 4.26. The number of benzene rings is 1. The molecular formula is C22H26O3. The quantitative estimate of drug-likeness (QED) is 0.412. The normalized spacial score (nSPS) is 28.6. The molecule has 1 aromatic carbocycles. The average molecular weight is 338 g/mol. The van der Waals surface area contributed by atoms with Crippen molar-refractivity contribution in [3.63, 3.8) is 0 Å². The monoisotopic (exact) mass is 338 g/mol. The maximum absolute atomic E-state index is 11.6. The fraction of sp³-hybridized carbons (Fsp3) is 0.545. The molecule has 2 fully saturated rings. The molecule has 4 rings (SSSR count). The minimum atomic E-state index is -0.529. The number of carbonyl (C=O) groups is 2. The highest BCUT2D eigenvalue weighted by atomic mass is 16.6. The molecule has 1 aliphatic heterocycles. The highest BCUT2D eigenvalue weighted by Gasteiger charge is 2.48. The van der Waals surface area contributed by atoms with Crippen molar-refractivity contribution in [1.82, 2.24) is 0 Å². The highest BCUT2D eigenvalue weighted by molar-refractivity contribution is 6.14. The summed E-state index contributed by atoms with van der Waals surface area (Å²) in [5.41, 5.74) is 2.47. The van der Waals surface area contributed by atoms with Crippen molar-refractivity contribution < 1.29 is 14.3 Å². The lowest BCUT2D eigenvalue weighted by atomic mass is 9.70. The van der Waals surface area contributed by atoms with Crippen LogP contribution in [-0.4, -0.2) is 11.9 Å². The van der Waals surface area contributed by atoms with Crippen LogP contribution < -0.4 is 0 Å². The van der Waals surface area contributed by atoms with Crippen LogP contribution in [0.3, 0.4) is 0 Å². The molecule has 0 N–H and O–H groups in total. The zero-order valence-corrected chi connectivity index (χ0v) is 14.9. The fourth-order valence-electron chi connectivity index (χ4n) is 5.40. The Labute approximate surface area is 149 Å². The summed E-state index contributed by atoms with van der Waals surface area (Å²) in [6.07, 6.45) is 15.0. The molecule has 0 spiro atoms. The third-order valence-electron chi connectivity index (χ3n) is 6.81. The smallest absolute Gasteiger partial charge is 0.346 e. The maximum Gasteiger partial charge on any atom is 0.346 e. The van der Waals surface area contributed by atoms with Gasteiger partial charge in [0.25, 0.3) is 0 Å². The molecular weight excluding hydrogens is 312 g/mol. The number of fused-ring (bicyclic) bond motifs is 3. The molecule has 3 aliphatic rings. The van der Waals surface area contributed by atoms with E-state index in [4.69, 9.17) is 0 Å².